The van der Waals surface area contributed by atoms with Gasteiger partial charge in [-0.15, -0.1) is 0 Å². The third-order valence-electron chi connectivity index (χ3n) is 7.67. The summed E-state index contributed by atoms with van der Waals surface area (Å²) in [7, 11) is 0. The lowest BCUT2D eigenvalue weighted by molar-refractivity contribution is -0.153. The summed E-state index contributed by atoms with van der Waals surface area (Å²) in [5, 5.41) is 14.7. The van der Waals surface area contributed by atoms with Gasteiger partial charge in [-0.05, 0) is 50.0 Å². The van der Waals surface area contributed by atoms with Crippen LogP contribution in [0.3, 0.4) is 0 Å². The topological polar surface area (TPSA) is 52.6 Å². The molecule has 2 N–H and O–H groups in total. The quantitative estimate of drug-likeness (QED) is 0.705. The lowest BCUT2D eigenvalue weighted by Gasteiger charge is -2.42. The van der Waals surface area contributed by atoms with E-state index in [1.54, 1.807) is 0 Å². The number of benzene rings is 1. The summed E-state index contributed by atoms with van der Waals surface area (Å²) >= 11 is 0. The third-order valence-corrected chi connectivity index (χ3v) is 7.67. The first-order chi connectivity index (χ1) is 14.2. The molecule has 0 spiro atoms. The second-order valence-corrected chi connectivity index (χ2v) is 9.67. The predicted molar refractivity (Wildman–Crippen MR) is 116 cm³/mol. The summed E-state index contributed by atoms with van der Waals surface area (Å²) in [5.74, 6) is 0.723. The molecule has 1 atom stereocenters. The molecule has 4 nitrogen and oxygen atoms in total. The van der Waals surface area contributed by atoms with Crippen molar-refractivity contribution in [2.24, 2.45) is 11.8 Å². The molecule has 4 rings (SSSR count). The summed E-state index contributed by atoms with van der Waals surface area (Å²) in [4.78, 5) is 15.8. The van der Waals surface area contributed by atoms with Crippen molar-refractivity contribution in [3.05, 3.63) is 35.9 Å². The zero-order valence-corrected chi connectivity index (χ0v) is 17.8. The summed E-state index contributed by atoms with van der Waals surface area (Å²) < 4.78 is 0. The number of carbonyl (C=O) groups excluding carboxylic acids is 1. The highest BCUT2D eigenvalue weighted by molar-refractivity contribution is 5.87. The minimum absolute atomic E-state index is 0.0419. The molecule has 160 valence electrons. The Morgan fingerprint density at radius 1 is 0.931 bits per heavy atom. The fourth-order valence-electron chi connectivity index (χ4n) is 5.54. The van der Waals surface area contributed by atoms with E-state index < -0.39 is 5.60 Å². The number of nitrogens with one attached hydrogen (secondary N) is 1. The van der Waals surface area contributed by atoms with Crippen LogP contribution in [0.25, 0.3) is 0 Å². The van der Waals surface area contributed by atoms with Crippen molar-refractivity contribution in [1.82, 2.24) is 10.2 Å². The molecule has 0 bridgehead atoms. The molecule has 3 fully saturated rings. The Hall–Kier alpha value is -1.39. The first-order valence-corrected chi connectivity index (χ1v) is 12.0. The monoisotopic (exact) mass is 398 g/mol. The van der Waals surface area contributed by atoms with Gasteiger partial charge in [-0.2, -0.15) is 0 Å². The average molecular weight is 399 g/mol. The van der Waals surface area contributed by atoms with Crippen LogP contribution in [-0.2, 0) is 10.4 Å². The molecule has 1 unspecified atom stereocenters. The highest BCUT2D eigenvalue weighted by Gasteiger charge is 2.48. The number of aliphatic hydroxyl groups is 1. The van der Waals surface area contributed by atoms with Crippen molar-refractivity contribution in [2.45, 2.75) is 82.3 Å². The van der Waals surface area contributed by atoms with Crippen molar-refractivity contribution in [1.29, 1.82) is 0 Å². The van der Waals surface area contributed by atoms with Gasteiger partial charge < -0.3 is 15.3 Å². The van der Waals surface area contributed by atoms with Gasteiger partial charge in [0.05, 0.1) is 0 Å². The van der Waals surface area contributed by atoms with Crippen LogP contribution in [0.1, 0.15) is 76.2 Å². The van der Waals surface area contributed by atoms with Crippen LogP contribution >= 0.6 is 0 Å². The van der Waals surface area contributed by atoms with E-state index in [1.165, 1.54) is 45.1 Å². The molecule has 0 radical (unpaired) electrons. The van der Waals surface area contributed by atoms with Gasteiger partial charge in [0, 0.05) is 31.6 Å². The zero-order chi connectivity index (χ0) is 20.1. The molecule has 29 heavy (non-hydrogen) atoms. The third kappa shape index (κ3) is 4.86. The molecule has 3 aliphatic rings. The molecular weight excluding hydrogens is 360 g/mol. The number of likely N-dealkylation sites (tertiary alicyclic amines) is 1. The van der Waals surface area contributed by atoms with Gasteiger partial charge in [-0.3, -0.25) is 4.79 Å². The Morgan fingerprint density at radius 3 is 2.17 bits per heavy atom. The zero-order valence-electron chi connectivity index (χ0n) is 17.8. The first kappa shape index (κ1) is 20.9. The molecule has 1 heterocycles. The van der Waals surface area contributed by atoms with E-state index in [-0.39, 0.29) is 17.9 Å². The normalized spacial score (nSPS) is 25.0. The fraction of sp³-hybridized carbons (Fsp3) is 0.720. The summed E-state index contributed by atoms with van der Waals surface area (Å²) in [5.41, 5.74) is -0.634. The van der Waals surface area contributed by atoms with Gasteiger partial charge in [0.2, 0.25) is 0 Å². The van der Waals surface area contributed by atoms with Gasteiger partial charge in [-0.25, -0.2) is 0 Å². The van der Waals surface area contributed by atoms with E-state index in [0.29, 0.717) is 0 Å². The largest absolute Gasteiger partial charge is 0.375 e. The molecule has 0 aromatic heterocycles. The average Bonchev–Trinajstić information content (AvgIpc) is 2.97. The molecule has 4 heteroatoms. The number of amides is 1. The number of hydrogen-bond acceptors (Lipinski definition) is 3. The molecule has 2 saturated carbocycles. The molecule has 1 aliphatic heterocycles. The van der Waals surface area contributed by atoms with Crippen LogP contribution in [-0.4, -0.2) is 41.6 Å². The number of hydrogen-bond donors (Lipinski definition) is 2. The van der Waals surface area contributed by atoms with E-state index in [1.807, 2.05) is 30.3 Å². The van der Waals surface area contributed by atoms with Crippen molar-refractivity contribution < 1.29 is 9.90 Å². The fourth-order valence-corrected chi connectivity index (χ4v) is 5.54. The minimum Gasteiger partial charge on any atom is -0.375 e. The highest BCUT2D eigenvalue weighted by Crippen LogP contribution is 2.42. The van der Waals surface area contributed by atoms with Gasteiger partial charge in [0.1, 0.15) is 0 Å². The van der Waals surface area contributed by atoms with E-state index in [9.17, 15) is 9.90 Å². The number of piperidine rings is 1. The van der Waals surface area contributed by atoms with E-state index >= 15 is 0 Å². The molecule has 2 aliphatic carbocycles. The van der Waals surface area contributed by atoms with Crippen LogP contribution in [0.4, 0.5) is 0 Å². The predicted octanol–water partition coefficient (Wildman–Crippen LogP) is 4.23. The van der Waals surface area contributed by atoms with Gasteiger partial charge in [0.15, 0.2) is 5.60 Å². The van der Waals surface area contributed by atoms with Crippen molar-refractivity contribution in [2.75, 3.05) is 19.6 Å². The molecule has 1 saturated heterocycles. The van der Waals surface area contributed by atoms with Crippen LogP contribution in [0.15, 0.2) is 30.3 Å². The maximum atomic E-state index is 13.2. The lowest BCUT2D eigenvalue weighted by Crippen LogP contribution is -2.55. The standard InChI is InChI=1S/C25H38N2O2/c28-24(25(29,22-13-8-14-22)21-11-6-3-7-12-21)26-23-15-17-27(18-16-23)19-20-9-4-1-2-5-10-20/h3,6-7,11-12,20,22-23,29H,1-2,4-5,8-10,13-19H2,(H,26,28). The van der Waals surface area contributed by atoms with Crippen molar-refractivity contribution in [3.63, 3.8) is 0 Å². The van der Waals surface area contributed by atoms with E-state index in [4.69, 9.17) is 0 Å². The smallest absolute Gasteiger partial charge is 0.257 e. The maximum absolute atomic E-state index is 13.2. The Kier molecular flexibility index (Phi) is 6.92. The van der Waals surface area contributed by atoms with Crippen molar-refractivity contribution in [3.8, 4) is 0 Å². The maximum Gasteiger partial charge on any atom is 0.257 e. The summed E-state index contributed by atoms with van der Waals surface area (Å²) in [6, 6.07) is 9.74. The Labute approximate surface area is 176 Å². The van der Waals surface area contributed by atoms with Crippen LogP contribution < -0.4 is 5.32 Å². The number of nitrogens with zero attached hydrogens (tertiary/aromatic N) is 1. The highest BCUT2D eigenvalue weighted by atomic mass is 16.3. The van der Waals surface area contributed by atoms with Crippen LogP contribution in [0.5, 0.6) is 0 Å². The minimum atomic E-state index is -1.38. The second kappa shape index (κ2) is 9.61. The first-order valence-electron chi connectivity index (χ1n) is 12.0. The number of rotatable bonds is 6. The molecule has 1 aromatic rings. The van der Waals surface area contributed by atoms with Crippen LogP contribution in [0.2, 0.25) is 0 Å². The van der Waals surface area contributed by atoms with Gasteiger partial charge in [0.25, 0.3) is 5.91 Å². The molecule has 1 amide bonds. The van der Waals surface area contributed by atoms with Crippen LogP contribution in [0, 0.1) is 11.8 Å². The Balaban J connectivity index is 1.31. The molecule has 1 aromatic carbocycles. The second-order valence-electron chi connectivity index (χ2n) is 9.67. The SMILES string of the molecule is O=C(NC1CCN(CC2CCCCCC2)CC1)C(O)(c1ccccc1)C1CCC1. The Morgan fingerprint density at radius 2 is 1.59 bits per heavy atom. The van der Waals surface area contributed by atoms with Gasteiger partial charge in [-0.1, -0.05) is 62.4 Å². The number of carbonyl (C=O) groups is 1. The lowest BCUT2D eigenvalue weighted by atomic mass is 9.69. The van der Waals surface area contributed by atoms with Crippen molar-refractivity contribution >= 4 is 5.91 Å². The summed E-state index contributed by atoms with van der Waals surface area (Å²) in [6.07, 6.45) is 13.4. The summed E-state index contributed by atoms with van der Waals surface area (Å²) in [6.45, 7) is 3.36. The molecular formula is C25H38N2O2. The van der Waals surface area contributed by atoms with E-state index in [2.05, 4.69) is 10.2 Å². The van der Waals surface area contributed by atoms with Gasteiger partial charge >= 0.3 is 0 Å². The van der Waals surface area contributed by atoms with E-state index in [0.717, 1.165) is 56.7 Å². The Bertz CT molecular complexity index is 644.